The average Bonchev–Trinajstić information content (AvgIpc) is 3.15. The molecule has 0 saturated carbocycles. The van der Waals surface area contributed by atoms with E-state index in [1.807, 2.05) is 36.4 Å². The van der Waals surface area contributed by atoms with Crippen molar-refractivity contribution in [3.8, 4) is 0 Å². The van der Waals surface area contributed by atoms with Crippen molar-refractivity contribution >= 4 is 57.4 Å². The minimum absolute atomic E-state index is 0.282. The molecule has 2 aromatic carbocycles. The van der Waals surface area contributed by atoms with Crippen molar-refractivity contribution in [2.24, 2.45) is 7.05 Å². The molecule has 3 aromatic rings. The van der Waals surface area contributed by atoms with Crippen molar-refractivity contribution in [1.29, 1.82) is 0 Å². The number of rotatable bonds is 5. The van der Waals surface area contributed by atoms with Crippen molar-refractivity contribution in [2.45, 2.75) is 18.4 Å². The monoisotopic (exact) mass is 523 g/mol. The van der Waals surface area contributed by atoms with Gasteiger partial charge in [0.05, 0.1) is 15.6 Å². The molecule has 0 bridgehead atoms. The molecule has 2 amide bonds. The summed E-state index contributed by atoms with van der Waals surface area (Å²) < 4.78 is 24.7. The van der Waals surface area contributed by atoms with E-state index in [-0.39, 0.29) is 19.0 Å². The van der Waals surface area contributed by atoms with E-state index >= 15 is 0 Å². The first kappa shape index (κ1) is 24.5. The summed E-state index contributed by atoms with van der Waals surface area (Å²) in [6, 6.07) is 14.7. The van der Waals surface area contributed by atoms with Gasteiger partial charge in [0.25, 0.3) is 5.91 Å². The fraction of sp³-hybridized carbons (Fsp3) is 0.273. The molecule has 34 heavy (non-hydrogen) atoms. The first-order valence-corrected chi connectivity index (χ1v) is 12.2. The minimum atomic E-state index is -2.76. The largest absolute Gasteiger partial charge is 0.755 e. The Kier molecular flexibility index (Phi) is 7.15. The second-order valence-corrected chi connectivity index (χ2v) is 9.39. The summed E-state index contributed by atoms with van der Waals surface area (Å²) in [6.45, 7) is 0.565. The van der Waals surface area contributed by atoms with Crippen LogP contribution < -0.4 is 10.0 Å². The molecule has 1 atom stereocenters. The number of nitrogens with zero attached hydrogens (tertiary/aromatic N) is 2. The van der Waals surface area contributed by atoms with Crippen molar-refractivity contribution < 1.29 is 23.2 Å². The molecule has 4 rings (SSSR count). The fourth-order valence-corrected chi connectivity index (χ4v) is 4.81. The molecule has 1 unspecified atom stereocenters. The molecule has 1 saturated heterocycles. The second kappa shape index (κ2) is 9.93. The smallest absolute Gasteiger partial charge is 0.437 e. The Morgan fingerprint density at radius 3 is 2.44 bits per heavy atom. The van der Waals surface area contributed by atoms with Crippen molar-refractivity contribution in [1.82, 2.24) is 19.7 Å². The van der Waals surface area contributed by atoms with Gasteiger partial charge < -0.3 is 19.3 Å². The van der Waals surface area contributed by atoms with E-state index in [4.69, 9.17) is 28.0 Å². The molecule has 1 aliphatic heterocycles. The number of hydrogen-bond acceptors (Lipinski definition) is 6. The van der Waals surface area contributed by atoms with Gasteiger partial charge in [-0.05, 0) is 36.6 Å². The maximum absolute atomic E-state index is 13.5. The van der Waals surface area contributed by atoms with Crippen LogP contribution in [0.5, 0.6) is 0 Å². The predicted molar refractivity (Wildman–Crippen MR) is 128 cm³/mol. The van der Waals surface area contributed by atoms with Crippen LogP contribution in [0.15, 0.2) is 48.5 Å². The third-order valence-corrected chi connectivity index (χ3v) is 7.13. The third-order valence-electron chi connectivity index (χ3n) is 5.98. The molecule has 180 valence electrons. The van der Waals surface area contributed by atoms with E-state index in [1.54, 1.807) is 28.5 Å². The van der Waals surface area contributed by atoms with Crippen LogP contribution in [0.2, 0.25) is 10.0 Å². The SMILES string of the molecule is Cn1c(C(=O)NC2(c3ccccc3)CCN(OC(=O)NS(=O)[O-])CC2)cc2c(Cl)c(Cl)ccc21. The number of carbonyl (C=O) groups is 2. The van der Waals surface area contributed by atoms with Crippen LogP contribution in [0, 0.1) is 0 Å². The van der Waals surface area contributed by atoms with E-state index in [1.165, 1.54) is 5.06 Å². The number of hydroxylamine groups is 2. The minimum Gasteiger partial charge on any atom is -0.755 e. The Morgan fingerprint density at radius 2 is 1.79 bits per heavy atom. The summed E-state index contributed by atoms with van der Waals surface area (Å²) in [5.74, 6) is -0.288. The molecule has 2 N–H and O–H groups in total. The highest BCUT2D eigenvalue weighted by molar-refractivity contribution is 7.77. The Bertz CT molecular complexity index is 1260. The first-order valence-electron chi connectivity index (χ1n) is 10.3. The quantitative estimate of drug-likeness (QED) is 0.493. The maximum atomic E-state index is 13.5. The van der Waals surface area contributed by atoms with E-state index < -0.39 is 22.9 Å². The van der Waals surface area contributed by atoms with E-state index in [2.05, 4.69) is 5.32 Å². The standard InChI is InChI=1S/C22H22Cl2N4O5S/c1-27-17-8-7-16(23)19(24)15(17)13-18(27)20(29)25-22(14-5-3-2-4-6-14)9-11-28(12-10-22)33-21(30)26-34(31)32/h2-8,13H,9-12H2,1H3,(H,25,29)(H,26,30)(H,31,32)/p-1. The lowest BCUT2D eigenvalue weighted by molar-refractivity contribution is -0.122. The summed E-state index contributed by atoms with van der Waals surface area (Å²) >= 11 is 9.73. The van der Waals surface area contributed by atoms with Gasteiger partial charge in [0.15, 0.2) is 0 Å². The number of piperidine rings is 1. The van der Waals surface area contributed by atoms with Gasteiger partial charge in [-0.1, -0.05) is 53.5 Å². The summed E-state index contributed by atoms with van der Waals surface area (Å²) in [5.41, 5.74) is 1.38. The molecule has 12 heteroatoms. The Balaban J connectivity index is 1.59. The highest BCUT2D eigenvalue weighted by Crippen LogP contribution is 2.35. The zero-order valence-electron chi connectivity index (χ0n) is 18.0. The second-order valence-electron chi connectivity index (χ2n) is 7.93. The lowest BCUT2D eigenvalue weighted by Gasteiger charge is -2.41. The number of nitrogens with one attached hydrogen (secondary N) is 2. The van der Waals surface area contributed by atoms with Gasteiger partial charge in [-0.25, -0.2) is 9.52 Å². The van der Waals surface area contributed by atoms with Crippen LogP contribution in [0.4, 0.5) is 4.79 Å². The lowest BCUT2D eigenvalue weighted by atomic mass is 9.81. The third kappa shape index (κ3) is 4.91. The molecular weight excluding hydrogens is 503 g/mol. The Morgan fingerprint density at radius 1 is 1.12 bits per heavy atom. The summed E-state index contributed by atoms with van der Waals surface area (Å²) in [7, 11) is 1.78. The van der Waals surface area contributed by atoms with Crippen LogP contribution in [0.3, 0.4) is 0 Å². The van der Waals surface area contributed by atoms with Gasteiger partial charge in [0.1, 0.15) is 5.69 Å². The number of amides is 2. The summed E-state index contributed by atoms with van der Waals surface area (Å²) in [6.07, 6.45) is -0.240. The zero-order chi connectivity index (χ0) is 24.5. The van der Waals surface area contributed by atoms with Crippen molar-refractivity contribution in [3.63, 3.8) is 0 Å². The average molecular weight is 524 g/mol. The molecule has 1 aliphatic rings. The highest BCUT2D eigenvalue weighted by Gasteiger charge is 2.39. The fourth-order valence-electron chi connectivity index (χ4n) is 4.25. The van der Waals surface area contributed by atoms with E-state index in [0.717, 1.165) is 11.1 Å². The van der Waals surface area contributed by atoms with Crippen LogP contribution in [-0.2, 0) is 28.7 Å². The molecule has 0 radical (unpaired) electrons. The van der Waals surface area contributed by atoms with Crippen LogP contribution in [0.1, 0.15) is 28.9 Å². The molecule has 0 aliphatic carbocycles. The Hall–Kier alpha value is -2.63. The number of aromatic nitrogens is 1. The Labute approximate surface area is 208 Å². The van der Waals surface area contributed by atoms with Crippen molar-refractivity contribution in [3.05, 3.63) is 69.8 Å². The number of hydrogen-bond donors (Lipinski definition) is 2. The predicted octanol–water partition coefficient (Wildman–Crippen LogP) is 3.64. The van der Waals surface area contributed by atoms with Crippen LogP contribution >= 0.6 is 23.2 Å². The highest BCUT2D eigenvalue weighted by atomic mass is 35.5. The van der Waals surface area contributed by atoms with Gasteiger partial charge in [-0.15, -0.1) is 5.06 Å². The number of halogens is 2. The van der Waals surface area contributed by atoms with E-state index in [0.29, 0.717) is 34.0 Å². The number of fused-ring (bicyclic) bond motifs is 1. The van der Waals surface area contributed by atoms with Gasteiger partial charge in [0.2, 0.25) is 0 Å². The maximum Gasteiger partial charge on any atom is 0.437 e. The van der Waals surface area contributed by atoms with Crippen molar-refractivity contribution in [2.75, 3.05) is 13.1 Å². The summed E-state index contributed by atoms with van der Waals surface area (Å²) in [4.78, 5) is 30.2. The van der Waals surface area contributed by atoms with Gasteiger partial charge >= 0.3 is 6.09 Å². The van der Waals surface area contributed by atoms with Crippen LogP contribution in [0.25, 0.3) is 10.9 Å². The van der Waals surface area contributed by atoms with Gasteiger partial charge in [0, 0.05) is 42.3 Å². The zero-order valence-corrected chi connectivity index (χ0v) is 20.4. The normalized spacial score (nSPS) is 16.7. The molecule has 9 nitrogen and oxygen atoms in total. The lowest BCUT2D eigenvalue weighted by Crippen LogP contribution is -2.54. The number of carbonyl (C=O) groups excluding carboxylic acids is 2. The van der Waals surface area contributed by atoms with Gasteiger partial charge in [-0.2, -0.15) is 0 Å². The number of benzene rings is 2. The molecular formula is C22H21Cl2N4O5S-. The summed E-state index contributed by atoms with van der Waals surface area (Å²) in [5, 5.41) is 6.03. The molecule has 0 spiro atoms. The van der Waals surface area contributed by atoms with Crippen LogP contribution in [-0.4, -0.2) is 43.5 Å². The van der Waals surface area contributed by atoms with E-state index in [9.17, 15) is 18.4 Å². The van der Waals surface area contributed by atoms with Gasteiger partial charge in [-0.3, -0.25) is 9.00 Å². The number of aryl methyl sites for hydroxylation is 1. The molecule has 2 heterocycles. The molecule has 1 aromatic heterocycles. The first-order chi connectivity index (χ1) is 16.2. The molecule has 1 fully saturated rings. The topological polar surface area (TPSA) is 116 Å².